The van der Waals surface area contributed by atoms with Crippen molar-refractivity contribution in [3.8, 4) is 0 Å². The molecule has 2 fully saturated rings. The molecule has 20 heavy (non-hydrogen) atoms. The van der Waals surface area contributed by atoms with Crippen LogP contribution in [0.5, 0.6) is 0 Å². The van der Waals surface area contributed by atoms with Gasteiger partial charge in [0, 0.05) is 23.7 Å². The molecule has 3 rings (SSSR count). The molecule has 0 unspecified atom stereocenters. The summed E-state index contributed by atoms with van der Waals surface area (Å²) in [6.07, 6.45) is 4.55. The summed E-state index contributed by atoms with van der Waals surface area (Å²) in [6, 6.07) is 5.76. The van der Waals surface area contributed by atoms with E-state index in [1.165, 1.54) is 0 Å². The predicted molar refractivity (Wildman–Crippen MR) is 79.2 cm³/mol. The minimum Gasteiger partial charge on any atom is -0.376 e. The van der Waals surface area contributed by atoms with Gasteiger partial charge in [-0.3, -0.25) is 4.79 Å². The normalized spacial score (nSPS) is 26.2. The van der Waals surface area contributed by atoms with Crippen LogP contribution in [0.25, 0.3) is 0 Å². The second kappa shape index (κ2) is 5.74. The lowest BCUT2D eigenvalue weighted by Gasteiger charge is -2.29. The summed E-state index contributed by atoms with van der Waals surface area (Å²) >= 11 is 6.03. The first kappa shape index (κ1) is 13.9. The van der Waals surface area contributed by atoms with E-state index >= 15 is 0 Å². The van der Waals surface area contributed by atoms with E-state index < -0.39 is 0 Å². The number of aryl methyl sites for hydroxylation is 1. The van der Waals surface area contributed by atoms with Gasteiger partial charge in [-0.15, -0.1) is 0 Å². The molecule has 0 aliphatic carbocycles. The zero-order chi connectivity index (χ0) is 14.1. The highest BCUT2D eigenvalue weighted by atomic mass is 35.5. The third kappa shape index (κ3) is 2.57. The fraction of sp³-hybridized carbons (Fsp3) is 0.562. The topological polar surface area (TPSA) is 29.5 Å². The summed E-state index contributed by atoms with van der Waals surface area (Å²) in [5.41, 5.74) is 1.68. The molecule has 1 amide bonds. The van der Waals surface area contributed by atoms with Crippen molar-refractivity contribution in [2.24, 2.45) is 0 Å². The molecule has 1 aromatic carbocycles. The van der Waals surface area contributed by atoms with Crippen molar-refractivity contribution in [2.75, 3.05) is 13.2 Å². The van der Waals surface area contributed by atoms with Crippen molar-refractivity contribution in [1.29, 1.82) is 0 Å². The van der Waals surface area contributed by atoms with Crippen molar-refractivity contribution >= 4 is 17.5 Å². The Balaban J connectivity index is 1.79. The maximum atomic E-state index is 12.7. The molecule has 4 heteroatoms. The Bertz CT molecular complexity index is 511. The molecule has 1 aromatic rings. The maximum Gasteiger partial charge on any atom is 0.254 e. The van der Waals surface area contributed by atoms with E-state index in [1.54, 1.807) is 6.07 Å². The van der Waals surface area contributed by atoms with Gasteiger partial charge in [-0.1, -0.05) is 11.6 Å². The minimum absolute atomic E-state index is 0.114. The maximum absolute atomic E-state index is 12.7. The lowest BCUT2D eigenvalue weighted by Crippen LogP contribution is -2.42. The molecule has 2 heterocycles. The number of nitrogens with zero attached hydrogens (tertiary/aromatic N) is 1. The number of likely N-dealkylation sites (tertiary alicyclic amines) is 1. The average Bonchev–Trinajstić information content (AvgIpc) is 3.10. The van der Waals surface area contributed by atoms with Gasteiger partial charge < -0.3 is 9.64 Å². The van der Waals surface area contributed by atoms with E-state index in [4.69, 9.17) is 16.3 Å². The SMILES string of the molecule is Cc1cc(C(=O)N2CCC[C@H]2[C@H]2CCCO2)ccc1Cl. The highest BCUT2D eigenvalue weighted by molar-refractivity contribution is 6.31. The second-order valence-corrected chi connectivity index (χ2v) is 6.13. The monoisotopic (exact) mass is 293 g/mol. The van der Waals surface area contributed by atoms with Crippen molar-refractivity contribution in [3.63, 3.8) is 0 Å². The van der Waals surface area contributed by atoms with Crippen LogP contribution in [0.4, 0.5) is 0 Å². The zero-order valence-corrected chi connectivity index (χ0v) is 12.5. The van der Waals surface area contributed by atoms with Crippen LogP contribution >= 0.6 is 11.6 Å². The number of rotatable bonds is 2. The average molecular weight is 294 g/mol. The van der Waals surface area contributed by atoms with Crippen molar-refractivity contribution in [3.05, 3.63) is 34.3 Å². The Morgan fingerprint density at radius 3 is 2.90 bits per heavy atom. The molecule has 2 aliphatic heterocycles. The van der Waals surface area contributed by atoms with E-state index in [9.17, 15) is 4.79 Å². The molecule has 2 atom stereocenters. The predicted octanol–water partition coefficient (Wildman–Crippen LogP) is 3.43. The lowest BCUT2D eigenvalue weighted by atomic mass is 10.0. The molecule has 3 nitrogen and oxygen atoms in total. The van der Waals surface area contributed by atoms with E-state index in [-0.39, 0.29) is 18.1 Å². The molecule has 108 valence electrons. The van der Waals surface area contributed by atoms with Crippen LogP contribution in [0.1, 0.15) is 41.6 Å². The largest absolute Gasteiger partial charge is 0.376 e. The number of carbonyl (C=O) groups is 1. The molecular weight excluding hydrogens is 274 g/mol. The van der Waals surface area contributed by atoms with E-state index in [0.717, 1.165) is 50.0 Å². The molecule has 0 radical (unpaired) electrons. The third-order valence-corrected chi connectivity index (χ3v) is 4.78. The van der Waals surface area contributed by atoms with Crippen LogP contribution in [-0.4, -0.2) is 36.1 Å². The van der Waals surface area contributed by atoms with Crippen LogP contribution in [0.3, 0.4) is 0 Å². The highest BCUT2D eigenvalue weighted by Crippen LogP contribution is 2.29. The van der Waals surface area contributed by atoms with E-state index in [0.29, 0.717) is 5.02 Å². The summed E-state index contributed by atoms with van der Waals surface area (Å²) in [5, 5.41) is 0.707. The smallest absolute Gasteiger partial charge is 0.254 e. The summed E-state index contributed by atoms with van der Waals surface area (Å²) in [7, 11) is 0. The van der Waals surface area contributed by atoms with Gasteiger partial charge in [0.25, 0.3) is 5.91 Å². The van der Waals surface area contributed by atoms with Crippen molar-refractivity contribution in [1.82, 2.24) is 4.90 Å². The van der Waals surface area contributed by atoms with Crippen LogP contribution in [0.2, 0.25) is 5.02 Å². The second-order valence-electron chi connectivity index (χ2n) is 5.72. The quantitative estimate of drug-likeness (QED) is 0.836. The minimum atomic E-state index is 0.114. The Kier molecular flexibility index (Phi) is 3.99. The fourth-order valence-electron chi connectivity index (χ4n) is 3.28. The number of halogens is 1. The molecule has 0 N–H and O–H groups in total. The molecule has 2 aliphatic rings. The molecule has 0 spiro atoms. The van der Waals surface area contributed by atoms with E-state index in [1.807, 2.05) is 24.0 Å². The van der Waals surface area contributed by atoms with Gasteiger partial charge in [0.2, 0.25) is 0 Å². The number of ether oxygens (including phenoxy) is 1. The van der Waals surface area contributed by atoms with Crippen molar-refractivity contribution < 1.29 is 9.53 Å². The number of amides is 1. The fourth-order valence-corrected chi connectivity index (χ4v) is 3.40. The highest BCUT2D eigenvalue weighted by Gasteiger charge is 2.37. The summed E-state index contributed by atoms with van der Waals surface area (Å²) in [5.74, 6) is 0.114. The van der Waals surface area contributed by atoms with Gasteiger partial charge in [0.05, 0.1) is 12.1 Å². The Morgan fingerprint density at radius 2 is 2.20 bits per heavy atom. The number of hydrogen-bond acceptors (Lipinski definition) is 2. The van der Waals surface area contributed by atoms with Gasteiger partial charge in [-0.2, -0.15) is 0 Å². The van der Waals surface area contributed by atoms with Gasteiger partial charge in [0.15, 0.2) is 0 Å². The number of hydrogen-bond donors (Lipinski definition) is 0. The van der Waals surface area contributed by atoms with E-state index in [2.05, 4.69) is 0 Å². The Hall–Kier alpha value is -1.06. The number of carbonyl (C=O) groups excluding carboxylic acids is 1. The summed E-state index contributed by atoms with van der Waals surface area (Å²) in [4.78, 5) is 14.7. The first-order valence-corrected chi connectivity index (χ1v) is 7.73. The third-order valence-electron chi connectivity index (χ3n) is 4.36. The first-order chi connectivity index (χ1) is 9.66. The molecule has 2 saturated heterocycles. The first-order valence-electron chi connectivity index (χ1n) is 7.35. The molecular formula is C16H20ClNO2. The Morgan fingerprint density at radius 1 is 1.35 bits per heavy atom. The van der Waals surface area contributed by atoms with Gasteiger partial charge in [0.1, 0.15) is 0 Å². The van der Waals surface area contributed by atoms with Gasteiger partial charge in [-0.25, -0.2) is 0 Å². The summed E-state index contributed by atoms with van der Waals surface area (Å²) < 4.78 is 5.78. The summed E-state index contributed by atoms with van der Waals surface area (Å²) in [6.45, 7) is 3.61. The standard InChI is InChI=1S/C16H20ClNO2/c1-11-10-12(6-7-13(11)17)16(19)18-8-2-4-14(18)15-5-3-9-20-15/h6-7,10,14-15H,2-5,8-9H2,1H3/t14-,15+/m0/s1. The van der Waals surface area contributed by atoms with Crippen LogP contribution < -0.4 is 0 Å². The van der Waals surface area contributed by atoms with Crippen LogP contribution in [-0.2, 0) is 4.74 Å². The van der Waals surface area contributed by atoms with Gasteiger partial charge >= 0.3 is 0 Å². The van der Waals surface area contributed by atoms with Crippen molar-refractivity contribution in [2.45, 2.75) is 44.8 Å². The number of benzene rings is 1. The molecule has 0 aromatic heterocycles. The lowest BCUT2D eigenvalue weighted by molar-refractivity contribution is 0.0341. The Labute approximate surface area is 124 Å². The van der Waals surface area contributed by atoms with Crippen LogP contribution in [0.15, 0.2) is 18.2 Å². The molecule has 0 saturated carbocycles. The van der Waals surface area contributed by atoms with Crippen LogP contribution in [0, 0.1) is 6.92 Å². The molecule has 0 bridgehead atoms. The zero-order valence-electron chi connectivity index (χ0n) is 11.8. The van der Waals surface area contributed by atoms with Gasteiger partial charge in [-0.05, 0) is 56.4 Å².